The van der Waals surface area contributed by atoms with Gasteiger partial charge in [0.1, 0.15) is 11.5 Å². The summed E-state index contributed by atoms with van der Waals surface area (Å²) in [5, 5.41) is 46.2. The summed E-state index contributed by atoms with van der Waals surface area (Å²) in [6.45, 7) is 2.57. The summed E-state index contributed by atoms with van der Waals surface area (Å²) in [7, 11) is -3.80. The summed E-state index contributed by atoms with van der Waals surface area (Å²) in [4.78, 5) is 0. The fraction of sp³-hybridized carbons (Fsp3) is 0.467. The summed E-state index contributed by atoms with van der Waals surface area (Å²) < 4.78 is 25.0. The molecular weight excluding hydrogens is 350 g/mol. The van der Waals surface area contributed by atoms with Gasteiger partial charge in [0.25, 0.3) is 0 Å². The van der Waals surface area contributed by atoms with Gasteiger partial charge in [0.05, 0.1) is 24.8 Å². The molecule has 0 bridgehead atoms. The van der Waals surface area contributed by atoms with E-state index in [0.717, 1.165) is 16.9 Å². The molecule has 0 saturated heterocycles. The number of aromatic nitrogens is 3. The Labute approximate surface area is 145 Å². The van der Waals surface area contributed by atoms with Crippen LogP contribution in [0.25, 0.3) is 11.4 Å². The monoisotopic (exact) mass is 371 g/mol. The molecule has 1 heterocycles. The van der Waals surface area contributed by atoms with Crippen molar-refractivity contribution in [2.45, 2.75) is 31.0 Å². The van der Waals surface area contributed by atoms with Crippen molar-refractivity contribution in [1.29, 1.82) is 0 Å². The van der Waals surface area contributed by atoms with Crippen molar-refractivity contribution in [2.24, 2.45) is 0 Å². The minimum absolute atomic E-state index is 0.0343. The third-order valence-electron chi connectivity index (χ3n) is 3.79. The molecule has 1 aromatic heterocycles. The summed E-state index contributed by atoms with van der Waals surface area (Å²) in [5.41, 5.74) is 0.656. The Morgan fingerprint density at radius 3 is 2.16 bits per heavy atom. The molecule has 10 heteroatoms. The van der Waals surface area contributed by atoms with Gasteiger partial charge in [-0.3, -0.25) is 4.57 Å². The van der Waals surface area contributed by atoms with Crippen molar-refractivity contribution in [2.75, 3.05) is 19.5 Å². The molecule has 4 N–H and O–H groups in total. The quantitative estimate of drug-likeness (QED) is 0.571. The molecule has 0 aliphatic heterocycles. The number of phenolic OH excluding ortho intramolecular Hbond substituents is 2. The maximum Gasteiger partial charge on any atom is 0.250 e. The summed E-state index contributed by atoms with van der Waals surface area (Å²) in [5.74, 6) is -0.541. The number of phenols is 2. The van der Waals surface area contributed by atoms with Crippen molar-refractivity contribution in [1.82, 2.24) is 14.8 Å². The molecule has 0 aliphatic carbocycles. The van der Waals surface area contributed by atoms with E-state index < -0.39 is 34.2 Å². The molecule has 25 heavy (non-hydrogen) atoms. The molecule has 0 spiro atoms. The van der Waals surface area contributed by atoms with Crippen molar-refractivity contribution in [3.8, 4) is 22.9 Å². The average molecular weight is 371 g/mol. The molecule has 0 radical (unpaired) electrons. The minimum atomic E-state index is -3.80. The number of hydrogen-bond donors (Lipinski definition) is 4. The van der Waals surface area contributed by atoms with Gasteiger partial charge in [-0.15, -0.1) is 10.2 Å². The van der Waals surface area contributed by atoms with Crippen LogP contribution in [0.3, 0.4) is 0 Å². The number of aliphatic hydroxyl groups excluding tert-OH is 2. The van der Waals surface area contributed by atoms with Crippen LogP contribution in [0.4, 0.5) is 0 Å². The molecule has 0 fully saturated rings. The van der Waals surface area contributed by atoms with Crippen molar-refractivity contribution in [3.05, 3.63) is 17.7 Å². The predicted octanol–water partition coefficient (Wildman–Crippen LogP) is 0.409. The van der Waals surface area contributed by atoms with Gasteiger partial charge < -0.3 is 20.4 Å². The molecule has 2 aromatic rings. The maximum absolute atomic E-state index is 12.0. The van der Waals surface area contributed by atoms with Crippen LogP contribution in [-0.2, 0) is 9.84 Å². The van der Waals surface area contributed by atoms with Gasteiger partial charge in [0, 0.05) is 12.3 Å². The van der Waals surface area contributed by atoms with E-state index >= 15 is 0 Å². The molecule has 9 nitrogen and oxygen atoms in total. The summed E-state index contributed by atoms with van der Waals surface area (Å²) in [6.07, 6.45) is 0.930. The van der Waals surface area contributed by atoms with Gasteiger partial charge in [0.15, 0.2) is 5.82 Å². The Balaban J connectivity index is 2.80. The molecular formula is C15H21N3O6S. The van der Waals surface area contributed by atoms with Gasteiger partial charge in [-0.25, -0.2) is 8.42 Å². The van der Waals surface area contributed by atoms with Crippen LogP contribution < -0.4 is 0 Å². The smallest absolute Gasteiger partial charge is 0.250 e. The number of sulfone groups is 1. The lowest BCUT2D eigenvalue weighted by atomic mass is 9.98. The van der Waals surface area contributed by atoms with Gasteiger partial charge in [-0.05, 0) is 17.5 Å². The molecule has 1 aromatic carbocycles. The van der Waals surface area contributed by atoms with Crippen LogP contribution >= 0.6 is 0 Å². The standard InChI is InChI=1S/C15H21N3O6S/c1-8(2)10-4-11(13(22)5-12(10)21)14-16-17-15(25(3,23)24)18(14)9(6-19)7-20/h4-5,8-9,19-22H,6-7H2,1-3H3. The SMILES string of the molecule is CC(C)c1cc(-c2nnc(S(C)(=O)=O)n2C(CO)CO)c(O)cc1O. The number of nitrogens with zero attached hydrogens (tertiary/aromatic N) is 3. The van der Waals surface area contributed by atoms with Crippen molar-refractivity contribution in [3.63, 3.8) is 0 Å². The fourth-order valence-corrected chi connectivity index (χ4v) is 3.28. The Bertz CT molecular complexity index is 872. The predicted molar refractivity (Wildman–Crippen MR) is 89.2 cm³/mol. The van der Waals surface area contributed by atoms with Crippen LogP contribution in [0.15, 0.2) is 17.3 Å². The third-order valence-corrected chi connectivity index (χ3v) is 4.73. The first-order chi connectivity index (χ1) is 11.6. The van der Waals surface area contributed by atoms with Crippen molar-refractivity contribution >= 4 is 9.84 Å². The highest BCUT2D eigenvalue weighted by Gasteiger charge is 2.28. The zero-order chi connectivity index (χ0) is 18.9. The summed E-state index contributed by atoms with van der Waals surface area (Å²) in [6, 6.07) is 1.61. The second-order valence-electron chi connectivity index (χ2n) is 6.05. The van der Waals surface area contributed by atoms with Crippen LogP contribution in [0, 0.1) is 0 Å². The van der Waals surface area contributed by atoms with Gasteiger partial charge >= 0.3 is 0 Å². The molecule has 2 rings (SSSR count). The number of aromatic hydroxyl groups is 2. The van der Waals surface area contributed by atoms with Crippen LogP contribution in [0.1, 0.15) is 31.4 Å². The lowest BCUT2D eigenvalue weighted by Gasteiger charge is -2.19. The average Bonchev–Trinajstić information content (AvgIpc) is 2.93. The highest BCUT2D eigenvalue weighted by atomic mass is 32.2. The second-order valence-corrected chi connectivity index (χ2v) is 7.96. The van der Waals surface area contributed by atoms with E-state index in [-0.39, 0.29) is 28.8 Å². The molecule has 0 aliphatic rings. The first kappa shape index (κ1) is 19.2. The van der Waals surface area contributed by atoms with E-state index in [0.29, 0.717) is 5.56 Å². The molecule has 0 unspecified atom stereocenters. The zero-order valence-electron chi connectivity index (χ0n) is 14.1. The van der Waals surface area contributed by atoms with Crippen LogP contribution in [0.2, 0.25) is 0 Å². The van der Waals surface area contributed by atoms with Gasteiger partial charge in [-0.2, -0.15) is 0 Å². The lowest BCUT2D eigenvalue weighted by Crippen LogP contribution is -2.22. The van der Waals surface area contributed by atoms with E-state index in [2.05, 4.69) is 10.2 Å². The second kappa shape index (κ2) is 6.98. The highest BCUT2D eigenvalue weighted by Crippen LogP contribution is 2.38. The van der Waals surface area contributed by atoms with E-state index in [9.17, 15) is 28.8 Å². The Morgan fingerprint density at radius 2 is 1.68 bits per heavy atom. The zero-order valence-corrected chi connectivity index (χ0v) is 14.9. The van der Waals surface area contributed by atoms with E-state index in [1.54, 1.807) is 0 Å². The van der Waals surface area contributed by atoms with Gasteiger partial charge in [0.2, 0.25) is 15.0 Å². The summed E-state index contributed by atoms with van der Waals surface area (Å²) >= 11 is 0. The Morgan fingerprint density at radius 1 is 1.08 bits per heavy atom. The lowest BCUT2D eigenvalue weighted by molar-refractivity contribution is 0.149. The molecule has 0 saturated carbocycles. The molecule has 138 valence electrons. The van der Waals surface area contributed by atoms with Crippen molar-refractivity contribution < 1.29 is 28.8 Å². The van der Waals surface area contributed by atoms with E-state index in [1.165, 1.54) is 6.07 Å². The first-order valence-corrected chi connectivity index (χ1v) is 9.43. The number of hydrogen-bond acceptors (Lipinski definition) is 8. The fourth-order valence-electron chi connectivity index (χ4n) is 2.50. The topological polar surface area (TPSA) is 146 Å². The highest BCUT2D eigenvalue weighted by molar-refractivity contribution is 7.90. The van der Waals surface area contributed by atoms with E-state index in [1.807, 2.05) is 13.8 Å². The van der Waals surface area contributed by atoms with Crippen LogP contribution in [0.5, 0.6) is 11.5 Å². The normalized spacial score (nSPS) is 12.3. The largest absolute Gasteiger partial charge is 0.508 e. The van der Waals surface area contributed by atoms with E-state index in [4.69, 9.17) is 0 Å². The van der Waals surface area contributed by atoms with Crippen LogP contribution in [-0.4, -0.2) is 63.1 Å². The maximum atomic E-state index is 12.0. The first-order valence-electron chi connectivity index (χ1n) is 7.54. The number of aliphatic hydroxyl groups is 2. The molecule has 0 atom stereocenters. The Kier molecular flexibility index (Phi) is 5.35. The minimum Gasteiger partial charge on any atom is -0.508 e. The number of rotatable bonds is 6. The Hall–Kier alpha value is -2.17. The third kappa shape index (κ3) is 3.60. The number of benzene rings is 1. The van der Waals surface area contributed by atoms with Gasteiger partial charge in [-0.1, -0.05) is 13.8 Å². The molecule has 0 amide bonds.